The third-order valence-electron chi connectivity index (χ3n) is 12.1. The third kappa shape index (κ3) is 5.93. The van der Waals surface area contributed by atoms with Gasteiger partial charge in [0.1, 0.15) is 5.82 Å². The predicted octanol–water partition coefficient (Wildman–Crippen LogP) is 14.3. The number of aryl methyl sites for hydroxylation is 1. The molecular formula is C55H40N2. The SMILES string of the molecule is c1ccc(-c2cc(-c3ccccc3)nc(-n3c4ccccc4c4ccc(-c5ccc6c(c5)-c5ccccc5CC[C@H]6Cc5cccc6ccccc56)cc43)c2)cc1. The lowest BCUT2D eigenvalue weighted by Gasteiger charge is -2.20. The highest BCUT2D eigenvalue weighted by molar-refractivity contribution is 6.10. The summed E-state index contributed by atoms with van der Waals surface area (Å²) in [6, 6.07) is 73.3. The van der Waals surface area contributed by atoms with Gasteiger partial charge in [0, 0.05) is 16.3 Å². The van der Waals surface area contributed by atoms with E-state index in [4.69, 9.17) is 4.98 Å². The summed E-state index contributed by atoms with van der Waals surface area (Å²) in [6.45, 7) is 0. The van der Waals surface area contributed by atoms with Crippen molar-refractivity contribution in [3.63, 3.8) is 0 Å². The first-order chi connectivity index (χ1) is 28.2. The van der Waals surface area contributed by atoms with Crippen molar-refractivity contribution in [3.8, 4) is 50.5 Å². The van der Waals surface area contributed by atoms with Crippen LogP contribution in [0.3, 0.4) is 0 Å². The van der Waals surface area contributed by atoms with E-state index in [9.17, 15) is 0 Å². The first kappa shape index (κ1) is 33.3. The molecule has 57 heavy (non-hydrogen) atoms. The molecule has 1 aliphatic rings. The summed E-state index contributed by atoms with van der Waals surface area (Å²) in [4.78, 5) is 5.39. The molecule has 0 aliphatic heterocycles. The van der Waals surface area contributed by atoms with E-state index >= 15 is 0 Å². The summed E-state index contributed by atoms with van der Waals surface area (Å²) in [5, 5.41) is 5.12. The van der Waals surface area contributed by atoms with E-state index in [-0.39, 0.29) is 0 Å². The molecule has 2 nitrogen and oxygen atoms in total. The van der Waals surface area contributed by atoms with E-state index in [1.54, 1.807) is 0 Å². The normalized spacial score (nSPS) is 13.7. The largest absolute Gasteiger partial charge is 0.294 e. The zero-order valence-corrected chi connectivity index (χ0v) is 31.6. The Bertz CT molecular complexity index is 3040. The number of hydrogen-bond donors (Lipinski definition) is 0. The molecule has 2 heteroatoms. The molecule has 2 aromatic heterocycles. The van der Waals surface area contributed by atoms with Crippen LogP contribution < -0.4 is 0 Å². The molecule has 0 N–H and O–H groups in total. The predicted molar refractivity (Wildman–Crippen MR) is 239 cm³/mol. The summed E-state index contributed by atoms with van der Waals surface area (Å²) in [5.41, 5.74) is 16.1. The Hall–Kier alpha value is -7.03. The van der Waals surface area contributed by atoms with Gasteiger partial charge in [0.05, 0.1) is 16.7 Å². The van der Waals surface area contributed by atoms with Gasteiger partial charge in [-0.15, -0.1) is 0 Å². The summed E-state index contributed by atoms with van der Waals surface area (Å²) >= 11 is 0. The van der Waals surface area contributed by atoms with Gasteiger partial charge in [0.15, 0.2) is 0 Å². The minimum atomic E-state index is 0.416. The maximum Gasteiger partial charge on any atom is 0.138 e. The molecule has 11 rings (SSSR count). The van der Waals surface area contributed by atoms with Crippen LogP contribution in [0.25, 0.3) is 83.0 Å². The molecule has 0 unspecified atom stereocenters. The fraction of sp³-hybridized carbons (Fsp3) is 0.0727. The van der Waals surface area contributed by atoms with Gasteiger partial charge in [-0.1, -0.05) is 170 Å². The monoisotopic (exact) mass is 728 g/mol. The van der Waals surface area contributed by atoms with Crippen LogP contribution in [0.4, 0.5) is 0 Å². The maximum atomic E-state index is 5.39. The average molecular weight is 729 g/mol. The zero-order chi connectivity index (χ0) is 37.7. The highest BCUT2D eigenvalue weighted by atomic mass is 15.1. The molecule has 8 aromatic carbocycles. The smallest absolute Gasteiger partial charge is 0.138 e. The Morgan fingerprint density at radius 3 is 2.02 bits per heavy atom. The van der Waals surface area contributed by atoms with Gasteiger partial charge in [-0.3, -0.25) is 4.57 Å². The first-order valence-electron chi connectivity index (χ1n) is 20.1. The molecule has 0 radical (unpaired) electrons. The van der Waals surface area contributed by atoms with Crippen molar-refractivity contribution in [1.29, 1.82) is 0 Å². The molecule has 0 amide bonds. The van der Waals surface area contributed by atoms with Crippen LogP contribution in [0.1, 0.15) is 29.0 Å². The molecule has 0 saturated heterocycles. The molecule has 0 fully saturated rings. The highest BCUT2D eigenvalue weighted by Crippen LogP contribution is 2.43. The lowest BCUT2D eigenvalue weighted by atomic mass is 9.84. The Morgan fingerprint density at radius 2 is 1.14 bits per heavy atom. The first-order valence-corrected chi connectivity index (χ1v) is 20.1. The van der Waals surface area contributed by atoms with Crippen LogP contribution in [0.5, 0.6) is 0 Å². The van der Waals surface area contributed by atoms with Crippen molar-refractivity contribution < 1.29 is 0 Å². The molecule has 10 aromatic rings. The van der Waals surface area contributed by atoms with Gasteiger partial charge < -0.3 is 0 Å². The molecule has 0 spiro atoms. The Labute approximate surface area is 333 Å². The van der Waals surface area contributed by atoms with E-state index in [1.807, 2.05) is 0 Å². The molecule has 2 heterocycles. The lowest BCUT2D eigenvalue weighted by Crippen LogP contribution is -2.05. The number of nitrogens with zero attached hydrogens (tertiary/aromatic N) is 2. The number of hydrogen-bond acceptors (Lipinski definition) is 1. The number of rotatable bonds is 6. The van der Waals surface area contributed by atoms with Crippen molar-refractivity contribution in [1.82, 2.24) is 9.55 Å². The van der Waals surface area contributed by atoms with Gasteiger partial charge in [-0.25, -0.2) is 4.98 Å². The van der Waals surface area contributed by atoms with Crippen LogP contribution in [0.2, 0.25) is 0 Å². The average Bonchev–Trinajstić information content (AvgIpc) is 3.53. The fourth-order valence-corrected chi connectivity index (χ4v) is 9.34. The Morgan fingerprint density at radius 1 is 0.456 bits per heavy atom. The van der Waals surface area contributed by atoms with Gasteiger partial charge in [-0.2, -0.15) is 0 Å². The molecule has 1 aliphatic carbocycles. The number of pyridine rings is 1. The van der Waals surface area contributed by atoms with Gasteiger partial charge in [0.2, 0.25) is 0 Å². The van der Waals surface area contributed by atoms with Gasteiger partial charge in [0.25, 0.3) is 0 Å². The van der Waals surface area contributed by atoms with Gasteiger partial charge >= 0.3 is 0 Å². The van der Waals surface area contributed by atoms with E-state index in [0.29, 0.717) is 5.92 Å². The van der Waals surface area contributed by atoms with Crippen LogP contribution >= 0.6 is 0 Å². The number of aromatic nitrogens is 2. The molecule has 0 bridgehead atoms. The summed E-state index contributed by atoms with van der Waals surface area (Å²) in [6.07, 6.45) is 3.22. The number of benzene rings is 8. The second-order valence-corrected chi connectivity index (χ2v) is 15.5. The van der Waals surface area contributed by atoms with E-state index in [0.717, 1.165) is 52.9 Å². The zero-order valence-electron chi connectivity index (χ0n) is 31.6. The molecular weight excluding hydrogens is 689 g/mol. The number of para-hydroxylation sites is 1. The van der Waals surface area contributed by atoms with Crippen LogP contribution in [0.15, 0.2) is 200 Å². The second kappa shape index (κ2) is 13.9. The summed E-state index contributed by atoms with van der Waals surface area (Å²) < 4.78 is 2.37. The molecule has 1 atom stereocenters. The van der Waals surface area contributed by atoms with Crippen molar-refractivity contribution in [2.75, 3.05) is 0 Å². The maximum absolute atomic E-state index is 5.39. The lowest BCUT2D eigenvalue weighted by molar-refractivity contribution is 0.631. The van der Waals surface area contributed by atoms with Crippen LogP contribution in [0, 0.1) is 0 Å². The fourth-order valence-electron chi connectivity index (χ4n) is 9.34. The minimum absolute atomic E-state index is 0.416. The minimum Gasteiger partial charge on any atom is -0.294 e. The summed E-state index contributed by atoms with van der Waals surface area (Å²) in [7, 11) is 0. The van der Waals surface area contributed by atoms with Crippen molar-refractivity contribution in [3.05, 3.63) is 217 Å². The third-order valence-corrected chi connectivity index (χ3v) is 12.1. The van der Waals surface area contributed by atoms with E-state index in [2.05, 4.69) is 205 Å². The Balaban J connectivity index is 1.08. The van der Waals surface area contributed by atoms with E-state index < -0.39 is 0 Å². The van der Waals surface area contributed by atoms with Crippen molar-refractivity contribution in [2.45, 2.75) is 25.2 Å². The van der Waals surface area contributed by atoms with Gasteiger partial charge in [-0.05, 0) is 116 Å². The number of fused-ring (bicyclic) bond motifs is 7. The Kier molecular flexibility index (Phi) is 8.14. The standard InChI is InChI=1S/C55H40N2/c1-3-14-37(15-4-1)45-34-52(40-18-5-2-6-19-40)56-55(36-45)57-53-25-12-11-24-49(53)50-31-29-42(35-54(50)57)41-28-30-48-44(27-26-39-17-8-10-23-47(39)51(48)33-41)32-43-21-13-20-38-16-7-9-22-46(38)43/h1-25,28-31,33-36,44H,26-27,32H2/t44-/m0/s1. The van der Waals surface area contributed by atoms with Crippen LogP contribution in [-0.4, -0.2) is 9.55 Å². The van der Waals surface area contributed by atoms with Crippen molar-refractivity contribution in [2.24, 2.45) is 0 Å². The topological polar surface area (TPSA) is 17.8 Å². The van der Waals surface area contributed by atoms with Crippen LogP contribution in [-0.2, 0) is 12.8 Å². The van der Waals surface area contributed by atoms with Crippen molar-refractivity contribution >= 4 is 32.6 Å². The quantitative estimate of drug-likeness (QED) is 0.167. The second-order valence-electron chi connectivity index (χ2n) is 15.5. The molecule has 0 saturated carbocycles. The molecule has 270 valence electrons. The highest BCUT2D eigenvalue weighted by Gasteiger charge is 2.24. The van der Waals surface area contributed by atoms with E-state index in [1.165, 1.54) is 66.1 Å². The summed E-state index contributed by atoms with van der Waals surface area (Å²) in [5.74, 6) is 1.32.